The zero-order valence-electron chi connectivity index (χ0n) is 19.7. The largest absolute Gasteiger partial charge is 0.483 e. The summed E-state index contributed by atoms with van der Waals surface area (Å²) in [5.41, 5.74) is 8.08. The van der Waals surface area contributed by atoms with Crippen LogP contribution in [-0.4, -0.2) is 35.1 Å². The van der Waals surface area contributed by atoms with Gasteiger partial charge >= 0.3 is 0 Å². The zero-order chi connectivity index (χ0) is 24.8. The van der Waals surface area contributed by atoms with E-state index in [1.807, 2.05) is 30.3 Å². The number of hydrogen-bond acceptors (Lipinski definition) is 6. The van der Waals surface area contributed by atoms with Crippen molar-refractivity contribution >= 4 is 5.91 Å². The molecule has 1 unspecified atom stereocenters. The Labute approximate surface area is 203 Å². The first kappa shape index (κ1) is 24.5. The Bertz CT molecular complexity index is 1230. The smallest absolute Gasteiger partial charge is 0.249 e. The molecule has 8 nitrogen and oxygen atoms in total. The van der Waals surface area contributed by atoms with Gasteiger partial charge in [-0.3, -0.25) is 9.59 Å². The standard InChI is InChI=1S/C27H30N2O6/c1-18-20(27(28)32)10-11-21(25(18)35-23-9-5-6-16-33-23)24-26(22(31)12-13-29(24)14-15-30)34-17-19-7-3-2-4-8-19/h2-4,7-8,10-13,23,30H,5-6,9,14-17H2,1H3,(H2,28,32). The highest BCUT2D eigenvalue weighted by Gasteiger charge is 2.25. The molecule has 1 aliphatic heterocycles. The van der Waals surface area contributed by atoms with E-state index in [9.17, 15) is 14.7 Å². The molecule has 0 aliphatic carbocycles. The molecule has 1 aliphatic rings. The third kappa shape index (κ3) is 5.55. The first-order valence-electron chi connectivity index (χ1n) is 11.7. The number of benzene rings is 2. The molecule has 4 rings (SSSR count). The number of nitrogens with zero attached hydrogens (tertiary/aromatic N) is 1. The van der Waals surface area contributed by atoms with Crippen molar-refractivity contribution in [1.29, 1.82) is 0 Å². The van der Waals surface area contributed by atoms with Crippen LogP contribution < -0.4 is 20.6 Å². The van der Waals surface area contributed by atoms with Crippen LogP contribution in [0.25, 0.3) is 11.3 Å². The molecule has 8 heteroatoms. The van der Waals surface area contributed by atoms with Crippen LogP contribution in [-0.2, 0) is 17.9 Å². The molecule has 3 aromatic rings. The minimum atomic E-state index is -0.579. The summed E-state index contributed by atoms with van der Waals surface area (Å²) in [7, 11) is 0. The van der Waals surface area contributed by atoms with Gasteiger partial charge in [-0.1, -0.05) is 30.3 Å². The molecule has 0 bridgehead atoms. The summed E-state index contributed by atoms with van der Waals surface area (Å²) >= 11 is 0. The van der Waals surface area contributed by atoms with Gasteiger partial charge in [-0.2, -0.15) is 0 Å². The average Bonchev–Trinajstić information content (AvgIpc) is 2.86. The molecular weight excluding hydrogens is 448 g/mol. The van der Waals surface area contributed by atoms with E-state index < -0.39 is 12.2 Å². The van der Waals surface area contributed by atoms with Crippen LogP contribution in [0.2, 0.25) is 0 Å². The first-order chi connectivity index (χ1) is 17.0. The van der Waals surface area contributed by atoms with Crippen LogP contribution in [0.4, 0.5) is 0 Å². The Morgan fingerprint density at radius 3 is 2.63 bits per heavy atom. The van der Waals surface area contributed by atoms with Gasteiger partial charge in [0.15, 0.2) is 12.0 Å². The summed E-state index contributed by atoms with van der Waals surface area (Å²) < 4.78 is 19.9. The van der Waals surface area contributed by atoms with Crippen LogP contribution in [0.15, 0.2) is 59.5 Å². The second-order valence-corrected chi connectivity index (χ2v) is 8.44. The van der Waals surface area contributed by atoms with Crippen LogP contribution in [0.1, 0.15) is 40.7 Å². The number of carbonyl (C=O) groups excluding carboxylic acids is 1. The second-order valence-electron chi connectivity index (χ2n) is 8.44. The lowest BCUT2D eigenvalue weighted by atomic mass is 9.99. The summed E-state index contributed by atoms with van der Waals surface area (Å²) in [6, 6.07) is 14.3. The van der Waals surface area contributed by atoms with Gasteiger partial charge in [0, 0.05) is 41.9 Å². The minimum Gasteiger partial charge on any atom is -0.483 e. The summed E-state index contributed by atoms with van der Waals surface area (Å²) in [4.78, 5) is 25.1. The number of aliphatic hydroxyl groups excluding tert-OH is 1. The predicted molar refractivity (Wildman–Crippen MR) is 131 cm³/mol. The average molecular weight is 479 g/mol. The van der Waals surface area contributed by atoms with Gasteiger partial charge in [0.25, 0.3) is 0 Å². The third-order valence-corrected chi connectivity index (χ3v) is 6.01. The maximum Gasteiger partial charge on any atom is 0.249 e. The molecule has 2 aromatic carbocycles. The highest BCUT2D eigenvalue weighted by molar-refractivity contribution is 5.96. The fraction of sp³-hybridized carbons (Fsp3) is 0.333. The van der Waals surface area contributed by atoms with Gasteiger partial charge in [-0.15, -0.1) is 0 Å². The number of primary amides is 1. The minimum absolute atomic E-state index is 0.130. The van der Waals surface area contributed by atoms with E-state index in [1.165, 1.54) is 6.07 Å². The van der Waals surface area contributed by atoms with Crippen molar-refractivity contribution in [1.82, 2.24) is 4.57 Å². The normalized spacial score (nSPS) is 15.5. The topological polar surface area (TPSA) is 113 Å². The molecule has 184 valence electrons. The van der Waals surface area contributed by atoms with Gasteiger partial charge in [0.2, 0.25) is 11.3 Å². The van der Waals surface area contributed by atoms with E-state index >= 15 is 0 Å². The van der Waals surface area contributed by atoms with Crippen LogP contribution in [0.5, 0.6) is 11.5 Å². The molecule has 1 saturated heterocycles. The molecule has 1 amide bonds. The lowest BCUT2D eigenvalue weighted by Crippen LogP contribution is -2.26. The van der Waals surface area contributed by atoms with Crippen LogP contribution >= 0.6 is 0 Å². The number of nitrogens with two attached hydrogens (primary N) is 1. The predicted octanol–water partition coefficient (Wildman–Crippen LogP) is 3.40. The van der Waals surface area contributed by atoms with Gasteiger partial charge in [-0.05, 0) is 37.5 Å². The van der Waals surface area contributed by atoms with Gasteiger partial charge in [-0.25, -0.2) is 0 Å². The highest BCUT2D eigenvalue weighted by Crippen LogP contribution is 2.40. The zero-order valence-corrected chi connectivity index (χ0v) is 19.7. The SMILES string of the molecule is Cc1c(C(N)=O)ccc(-c2c(OCc3ccccc3)c(=O)ccn2CCO)c1OC1CCCCO1. The number of hydrogen-bond donors (Lipinski definition) is 2. The monoisotopic (exact) mass is 478 g/mol. The van der Waals surface area contributed by atoms with Crippen LogP contribution in [0.3, 0.4) is 0 Å². The van der Waals surface area contributed by atoms with E-state index in [1.54, 1.807) is 29.8 Å². The Hall–Kier alpha value is -3.62. The Morgan fingerprint density at radius 2 is 1.94 bits per heavy atom. The molecule has 0 saturated carbocycles. The number of ether oxygens (including phenoxy) is 3. The third-order valence-electron chi connectivity index (χ3n) is 6.01. The number of aromatic nitrogens is 1. The van der Waals surface area contributed by atoms with Crippen molar-refractivity contribution < 1.29 is 24.1 Å². The van der Waals surface area contributed by atoms with Crippen molar-refractivity contribution in [2.24, 2.45) is 5.73 Å². The Balaban J connectivity index is 1.86. The van der Waals surface area contributed by atoms with E-state index in [0.29, 0.717) is 41.2 Å². The maximum atomic E-state index is 13.0. The molecular formula is C27H30N2O6. The lowest BCUT2D eigenvalue weighted by molar-refractivity contribution is -0.105. The molecule has 35 heavy (non-hydrogen) atoms. The molecule has 0 radical (unpaired) electrons. The van der Waals surface area contributed by atoms with E-state index in [2.05, 4.69) is 0 Å². The molecule has 1 fully saturated rings. The Kier molecular flexibility index (Phi) is 7.84. The van der Waals surface area contributed by atoms with Gasteiger partial charge in [0.05, 0.1) is 18.9 Å². The van der Waals surface area contributed by atoms with Crippen molar-refractivity contribution in [3.05, 3.63) is 81.6 Å². The molecule has 1 aromatic heterocycles. The first-order valence-corrected chi connectivity index (χ1v) is 11.7. The molecule has 1 atom stereocenters. The summed E-state index contributed by atoms with van der Waals surface area (Å²) in [5, 5.41) is 9.71. The maximum absolute atomic E-state index is 13.0. The van der Waals surface area contributed by atoms with Crippen molar-refractivity contribution in [2.75, 3.05) is 13.2 Å². The van der Waals surface area contributed by atoms with E-state index in [0.717, 1.165) is 18.4 Å². The number of pyridine rings is 1. The van der Waals surface area contributed by atoms with Crippen LogP contribution in [0, 0.1) is 6.92 Å². The number of aliphatic hydroxyl groups is 1. The molecule has 0 spiro atoms. The summed E-state index contributed by atoms with van der Waals surface area (Å²) in [5.74, 6) is -0.0506. The fourth-order valence-electron chi connectivity index (χ4n) is 4.23. The number of carbonyl (C=O) groups is 1. The highest BCUT2D eigenvalue weighted by atomic mass is 16.7. The molecule has 2 heterocycles. The van der Waals surface area contributed by atoms with Crippen molar-refractivity contribution in [3.63, 3.8) is 0 Å². The number of amides is 1. The lowest BCUT2D eigenvalue weighted by Gasteiger charge is -2.27. The van der Waals surface area contributed by atoms with Crippen molar-refractivity contribution in [2.45, 2.75) is 45.6 Å². The van der Waals surface area contributed by atoms with E-state index in [4.69, 9.17) is 19.9 Å². The summed E-state index contributed by atoms with van der Waals surface area (Å²) in [6.45, 7) is 2.61. The Morgan fingerprint density at radius 1 is 1.14 bits per heavy atom. The van der Waals surface area contributed by atoms with Gasteiger partial charge < -0.3 is 29.6 Å². The second kappa shape index (κ2) is 11.2. The molecule has 3 N–H and O–H groups in total. The fourth-order valence-corrected chi connectivity index (χ4v) is 4.23. The summed E-state index contributed by atoms with van der Waals surface area (Å²) in [6.07, 6.45) is 3.75. The van der Waals surface area contributed by atoms with Crippen molar-refractivity contribution in [3.8, 4) is 22.8 Å². The van der Waals surface area contributed by atoms with E-state index in [-0.39, 0.29) is 30.9 Å². The van der Waals surface area contributed by atoms with Gasteiger partial charge in [0.1, 0.15) is 12.4 Å². The number of rotatable bonds is 9. The quantitative estimate of drug-likeness (QED) is 0.487.